The zero-order chi connectivity index (χ0) is 24.1. The van der Waals surface area contributed by atoms with Gasteiger partial charge in [-0.25, -0.2) is 4.79 Å². The molecule has 4 rings (SSSR count). The van der Waals surface area contributed by atoms with Gasteiger partial charge in [0.1, 0.15) is 5.00 Å². The maximum absolute atomic E-state index is 13.4. The first kappa shape index (κ1) is 23.7. The molecule has 0 spiro atoms. The highest BCUT2D eigenvalue weighted by molar-refractivity contribution is 7.99. The maximum atomic E-state index is 13.4. The highest BCUT2D eigenvalue weighted by atomic mass is 32.2. The number of thioether (sulfide) groups is 1. The van der Waals surface area contributed by atoms with Crippen LogP contribution in [0.25, 0.3) is 16.5 Å². The van der Waals surface area contributed by atoms with Gasteiger partial charge in [-0.05, 0) is 37.1 Å². The lowest BCUT2D eigenvalue weighted by Crippen LogP contribution is -2.25. The molecule has 9 heteroatoms. The molecule has 1 N–H and O–H groups in total. The first-order chi connectivity index (χ1) is 16.5. The predicted molar refractivity (Wildman–Crippen MR) is 137 cm³/mol. The molecule has 174 valence electrons. The number of amides is 1. The Morgan fingerprint density at radius 1 is 1.15 bits per heavy atom. The van der Waals surface area contributed by atoms with Crippen molar-refractivity contribution in [2.45, 2.75) is 19.6 Å². The molecule has 0 atom stereocenters. The van der Waals surface area contributed by atoms with E-state index in [2.05, 4.69) is 10.4 Å². The standard InChI is InChI=1S/C25H23N3O4S2/c1-3-32-25(31)22-19-14-34-23(26-20(29)15-33-13-17-9-5-4-6-10-17)21(19)24(30)28(27-22)18-11-7-8-16(2)12-18/h4-12,14H,3,13,15H2,1-2H3,(H,26,29). The minimum atomic E-state index is -0.622. The fourth-order valence-corrected chi connectivity index (χ4v) is 5.17. The van der Waals surface area contributed by atoms with E-state index in [-0.39, 0.29) is 29.3 Å². The fourth-order valence-electron chi connectivity index (χ4n) is 3.43. The van der Waals surface area contributed by atoms with Crippen molar-refractivity contribution >= 4 is 50.7 Å². The molecule has 0 unspecified atom stereocenters. The largest absolute Gasteiger partial charge is 0.461 e. The van der Waals surface area contributed by atoms with Crippen LogP contribution in [0.15, 0.2) is 64.8 Å². The molecule has 0 fully saturated rings. The van der Waals surface area contributed by atoms with Crippen LogP contribution in [0.2, 0.25) is 0 Å². The summed E-state index contributed by atoms with van der Waals surface area (Å²) >= 11 is 2.67. The third-order valence-electron chi connectivity index (χ3n) is 4.97. The Balaban J connectivity index is 1.67. The second-order valence-corrected chi connectivity index (χ2v) is 9.37. The first-order valence-corrected chi connectivity index (χ1v) is 12.7. The van der Waals surface area contributed by atoms with Crippen LogP contribution < -0.4 is 10.9 Å². The highest BCUT2D eigenvalue weighted by Gasteiger charge is 2.23. The van der Waals surface area contributed by atoms with Crippen LogP contribution in [-0.2, 0) is 15.3 Å². The smallest absolute Gasteiger partial charge is 0.359 e. The lowest BCUT2D eigenvalue weighted by molar-refractivity contribution is -0.113. The van der Waals surface area contributed by atoms with E-state index in [1.807, 2.05) is 49.4 Å². The van der Waals surface area contributed by atoms with Crippen molar-refractivity contribution in [1.29, 1.82) is 0 Å². The van der Waals surface area contributed by atoms with Crippen molar-refractivity contribution in [3.63, 3.8) is 0 Å². The van der Waals surface area contributed by atoms with Gasteiger partial charge in [-0.1, -0.05) is 42.5 Å². The maximum Gasteiger partial charge on any atom is 0.359 e. The van der Waals surface area contributed by atoms with Gasteiger partial charge in [0.05, 0.1) is 23.4 Å². The third kappa shape index (κ3) is 5.21. The van der Waals surface area contributed by atoms with Crippen LogP contribution in [0.1, 0.15) is 28.5 Å². The number of ether oxygens (including phenoxy) is 1. The van der Waals surface area contributed by atoms with E-state index in [1.54, 1.807) is 24.4 Å². The molecule has 0 aliphatic rings. The van der Waals surface area contributed by atoms with E-state index in [4.69, 9.17) is 4.74 Å². The lowest BCUT2D eigenvalue weighted by atomic mass is 10.2. The monoisotopic (exact) mass is 493 g/mol. The summed E-state index contributed by atoms with van der Waals surface area (Å²) in [6.45, 7) is 3.79. The molecule has 2 aromatic carbocycles. The quantitative estimate of drug-likeness (QED) is 0.355. The number of benzene rings is 2. The average molecular weight is 494 g/mol. The molecular formula is C25H23N3O4S2. The lowest BCUT2D eigenvalue weighted by Gasteiger charge is -2.10. The number of esters is 1. The van der Waals surface area contributed by atoms with E-state index in [0.29, 0.717) is 21.8 Å². The molecule has 34 heavy (non-hydrogen) atoms. The van der Waals surface area contributed by atoms with Gasteiger partial charge in [-0.15, -0.1) is 23.1 Å². The van der Waals surface area contributed by atoms with E-state index in [1.165, 1.54) is 27.8 Å². The van der Waals surface area contributed by atoms with Gasteiger partial charge in [0.25, 0.3) is 5.56 Å². The minimum absolute atomic E-state index is 0.0353. The molecule has 7 nitrogen and oxygen atoms in total. The van der Waals surface area contributed by atoms with Crippen LogP contribution >= 0.6 is 23.1 Å². The molecule has 0 saturated carbocycles. The Morgan fingerprint density at radius 2 is 1.94 bits per heavy atom. The van der Waals surface area contributed by atoms with Crippen molar-refractivity contribution in [2.75, 3.05) is 17.7 Å². The van der Waals surface area contributed by atoms with E-state index in [9.17, 15) is 14.4 Å². The summed E-state index contributed by atoms with van der Waals surface area (Å²) in [4.78, 5) is 38.7. The van der Waals surface area contributed by atoms with E-state index >= 15 is 0 Å². The summed E-state index contributed by atoms with van der Waals surface area (Å²) < 4.78 is 6.36. The van der Waals surface area contributed by atoms with Gasteiger partial charge in [0, 0.05) is 16.5 Å². The Kier molecular flexibility index (Phi) is 7.44. The number of aryl methyl sites for hydroxylation is 1. The number of thiophene rings is 1. The predicted octanol–water partition coefficient (Wildman–Crippen LogP) is 4.80. The summed E-state index contributed by atoms with van der Waals surface area (Å²) in [6, 6.07) is 17.2. The topological polar surface area (TPSA) is 90.3 Å². The Bertz CT molecular complexity index is 1400. The second kappa shape index (κ2) is 10.7. The number of carbonyl (C=O) groups is 2. The number of hydrogen-bond acceptors (Lipinski definition) is 7. The first-order valence-electron chi connectivity index (χ1n) is 10.7. The summed E-state index contributed by atoms with van der Waals surface area (Å²) in [6.07, 6.45) is 0. The molecular weight excluding hydrogens is 470 g/mol. The van der Waals surface area contributed by atoms with Crippen molar-refractivity contribution in [3.05, 3.63) is 87.2 Å². The molecule has 2 aromatic heterocycles. The molecule has 0 aliphatic carbocycles. The van der Waals surface area contributed by atoms with Crippen molar-refractivity contribution in [1.82, 2.24) is 9.78 Å². The number of anilines is 1. The SMILES string of the molecule is CCOC(=O)c1nn(-c2cccc(C)c2)c(=O)c2c(NC(=O)CSCc3ccccc3)scc12. The van der Waals surface area contributed by atoms with Gasteiger partial charge >= 0.3 is 5.97 Å². The molecule has 0 bridgehead atoms. The minimum Gasteiger partial charge on any atom is -0.461 e. The Morgan fingerprint density at radius 3 is 2.68 bits per heavy atom. The van der Waals surface area contributed by atoms with Crippen LogP contribution in [0.4, 0.5) is 5.00 Å². The third-order valence-corrected chi connectivity index (χ3v) is 6.86. The summed E-state index contributed by atoms with van der Waals surface area (Å²) in [5.41, 5.74) is 2.22. The number of carbonyl (C=O) groups excluding carboxylic acids is 2. The Hall–Kier alpha value is -3.43. The summed E-state index contributed by atoms with van der Waals surface area (Å²) in [7, 11) is 0. The van der Waals surface area contributed by atoms with Crippen LogP contribution in [-0.4, -0.2) is 34.0 Å². The van der Waals surface area contributed by atoms with Gasteiger partial charge < -0.3 is 10.1 Å². The number of hydrogen-bond donors (Lipinski definition) is 1. The van der Waals surface area contributed by atoms with Crippen molar-refractivity contribution in [2.24, 2.45) is 0 Å². The number of aromatic nitrogens is 2. The van der Waals surface area contributed by atoms with Crippen LogP contribution in [0, 0.1) is 6.92 Å². The zero-order valence-corrected chi connectivity index (χ0v) is 20.4. The molecule has 2 heterocycles. The van der Waals surface area contributed by atoms with Crippen molar-refractivity contribution < 1.29 is 14.3 Å². The van der Waals surface area contributed by atoms with Gasteiger partial charge in [0.15, 0.2) is 5.69 Å². The molecule has 1 amide bonds. The van der Waals surface area contributed by atoms with Crippen LogP contribution in [0.3, 0.4) is 0 Å². The Labute approximate surface area is 204 Å². The summed E-state index contributed by atoms with van der Waals surface area (Å²) in [5.74, 6) is 0.0934. The van der Waals surface area contributed by atoms with Gasteiger partial charge in [-0.2, -0.15) is 9.78 Å². The fraction of sp³-hybridized carbons (Fsp3) is 0.200. The number of rotatable bonds is 8. The van der Waals surface area contributed by atoms with E-state index in [0.717, 1.165) is 11.1 Å². The second-order valence-electron chi connectivity index (χ2n) is 7.51. The molecule has 0 radical (unpaired) electrons. The summed E-state index contributed by atoms with van der Waals surface area (Å²) in [5, 5.41) is 9.82. The van der Waals surface area contributed by atoms with Gasteiger partial charge in [0.2, 0.25) is 5.91 Å². The number of nitrogens with one attached hydrogen (secondary N) is 1. The van der Waals surface area contributed by atoms with Gasteiger partial charge in [-0.3, -0.25) is 9.59 Å². The average Bonchev–Trinajstić information content (AvgIpc) is 3.24. The highest BCUT2D eigenvalue weighted by Crippen LogP contribution is 2.31. The molecule has 0 aliphatic heterocycles. The number of nitrogens with zero attached hydrogens (tertiary/aromatic N) is 2. The van der Waals surface area contributed by atoms with Crippen molar-refractivity contribution in [3.8, 4) is 5.69 Å². The van der Waals surface area contributed by atoms with Crippen LogP contribution in [0.5, 0.6) is 0 Å². The molecule has 0 saturated heterocycles. The number of fused-ring (bicyclic) bond motifs is 1. The molecule has 4 aromatic rings. The van der Waals surface area contributed by atoms with E-state index < -0.39 is 11.5 Å². The zero-order valence-electron chi connectivity index (χ0n) is 18.7. The normalized spacial score (nSPS) is 10.9.